The van der Waals surface area contributed by atoms with Crippen molar-refractivity contribution in [2.45, 2.75) is 110 Å². The highest BCUT2D eigenvalue weighted by atomic mass is 32.2. The van der Waals surface area contributed by atoms with Crippen LogP contribution in [0.4, 0.5) is 0 Å². The molecule has 1 atom stereocenters. The summed E-state index contributed by atoms with van der Waals surface area (Å²) in [5.41, 5.74) is 2.39. The molecular formula is C33H54N6O4S. The van der Waals surface area contributed by atoms with Crippen LogP contribution in [0.3, 0.4) is 0 Å². The first-order valence-electron chi connectivity index (χ1n) is 17.0. The van der Waals surface area contributed by atoms with Gasteiger partial charge in [0.2, 0.25) is 15.9 Å². The lowest BCUT2D eigenvalue weighted by molar-refractivity contribution is -0.129. The van der Waals surface area contributed by atoms with Gasteiger partial charge >= 0.3 is 0 Å². The van der Waals surface area contributed by atoms with Crippen LogP contribution in [0.25, 0.3) is 0 Å². The molecule has 44 heavy (non-hydrogen) atoms. The zero-order valence-corrected chi connectivity index (χ0v) is 28.5. The van der Waals surface area contributed by atoms with Gasteiger partial charge in [-0.15, -0.1) is 0 Å². The zero-order chi connectivity index (χ0) is 31.7. The van der Waals surface area contributed by atoms with Gasteiger partial charge in [0.1, 0.15) is 6.33 Å². The monoisotopic (exact) mass is 630 g/mol. The molecule has 0 N–H and O–H groups in total. The minimum absolute atomic E-state index is 0.0343. The Morgan fingerprint density at radius 2 is 1.48 bits per heavy atom. The number of carbonyl (C=O) groups is 2. The van der Waals surface area contributed by atoms with E-state index in [0.717, 1.165) is 88.9 Å². The van der Waals surface area contributed by atoms with E-state index in [1.54, 1.807) is 11.8 Å². The Labute approximate surface area is 265 Å². The van der Waals surface area contributed by atoms with E-state index in [1.165, 1.54) is 6.33 Å². The van der Waals surface area contributed by atoms with E-state index in [-0.39, 0.29) is 28.0 Å². The molecule has 10 nitrogen and oxygen atoms in total. The van der Waals surface area contributed by atoms with Crippen LogP contribution in [0.1, 0.15) is 107 Å². The number of rotatable bonds is 7. The number of sulfonamides is 1. The molecule has 1 unspecified atom stereocenters. The molecule has 1 spiro atoms. The van der Waals surface area contributed by atoms with Gasteiger partial charge in [0.15, 0.2) is 0 Å². The van der Waals surface area contributed by atoms with Gasteiger partial charge in [0.05, 0.1) is 22.2 Å². The molecule has 0 saturated carbocycles. The number of piperidine rings is 4. The van der Waals surface area contributed by atoms with E-state index >= 15 is 0 Å². The number of aryl methyl sites for hydroxylation is 2. The highest BCUT2D eigenvalue weighted by molar-refractivity contribution is 7.89. The largest absolute Gasteiger partial charge is 0.343 e. The number of unbranched alkanes of at least 4 members (excludes halogenated alkanes) is 1. The third-order valence-electron chi connectivity index (χ3n) is 11.8. The average Bonchev–Trinajstić information content (AvgIpc) is 3.01. The van der Waals surface area contributed by atoms with Crippen molar-refractivity contribution in [2.75, 3.05) is 52.4 Å². The predicted molar refractivity (Wildman–Crippen MR) is 172 cm³/mol. The van der Waals surface area contributed by atoms with Gasteiger partial charge in [-0.3, -0.25) is 14.5 Å². The number of amides is 2. The molecule has 4 fully saturated rings. The van der Waals surface area contributed by atoms with E-state index in [0.29, 0.717) is 50.5 Å². The maximum atomic E-state index is 13.8. The lowest BCUT2D eigenvalue weighted by Gasteiger charge is -2.56. The number of hydrogen-bond acceptors (Lipinski definition) is 7. The van der Waals surface area contributed by atoms with Gasteiger partial charge in [0, 0.05) is 51.7 Å². The van der Waals surface area contributed by atoms with E-state index in [9.17, 15) is 18.0 Å². The summed E-state index contributed by atoms with van der Waals surface area (Å²) in [5, 5.41) is -0.374. The maximum Gasteiger partial charge on any atom is 0.257 e. The maximum absolute atomic E-state index is 13.8. The van der Waals surface area contributed by atoms with Crippen LogP contribution in [-0.4, -0.2) is 112 Å². The average molecular weight is 631 g/mol. The fraction of sp³-hybridized carbons (Fsp3) is 0.818. The summed E-state index contributed by atoms with van der Waals surface area (Å²) >= 11 is 0. The van der Waals surface area contributed by atoms with Crippen LogP contribution in [0.5, 0.6) is 0 Å². The van der Waals surface area contributed by atoms with Gasteiger partial charge in [-0.25, -0.2) is 22.7 Å². The van der Waals surface area contributed by atoms with E-state index in [2.05, 4.69) is 28.7 Å². The fourth-order valence-electron chi connectivity index (χ4n) is 8.56. The molecule has 0 aromatic carbocycles. The number of nitrogens with zero attached hydrogens (tertiary/aromatic N) is 6. The Hall–Kier alpha value is -2.11. The molecule has 0 radical (unpaired) electrons. The van der Waals surface area contributed by atoms with Gasteiger partial charge in [0.25, 0.3) is 5.91 Å². The van der Waals surface area contributed by atoms with Crippen LogP contribution in [0.2, 0.25) is 0 Å². The van der Waals surface area contributed by atoms with Crippen molar-refractivity contribution in [2.24, 2.45) is 11.3 Å². The second-order valence-electron chi connectivity index (χ2n) is 14.3. The molecule has 5 heterocycles. The molecule has 2 amide bonds. The SMILES string of the molecule is CCCCC1CN(S(=O)(=O)C2CCN(C(C)=O)CC2)CCC12CCN(C1(C)CCN(C(=O)c3c(C)ncnc3C)CC1)CC2. The highest BCUT2D eigenvalue weighted by Gasteiger charge is 2.50. The van der Waals surface area contributed by atoms with Crippen molar-refractivity contribution in [3.05, 3.63) is 23.3 Å². The Balaban J connectivity index is 1.20. The van der Waals surface area contributed by atoms with Crippen molar-refractivity contribution in [3.63, 3.8) is 0 Å². The second-order valence-corrected chi connectivity index (χ2v) is 16.5. The molecular weight excluding hydrogens is 576 g/mol. The van der Waals surface area contributed by atoms with Gasteiger partial charge in [-0.2, -0.15) is 0 Å². The third kappa shape index (κ3) is 6.56. The number of likely N-dealkylation sites (tertiary alicyclic amines) is 3. The molecule has 4 aliphatic heterocycles. The smallest absolute Gasteiger partial charge is 0.257 e. The number of aromatic nitrogens is 2. The van der Waals surface area contributed by atoms with Crippen molar-refractivity contribution in [3.8, 4) is 0 Å². The van der Waals surface area contributed by atoms with Gasteiger partial charge in [-0.05, 0) is 96.6 Å². The molecule has 11 heteroatoms. The Kier molecular flexibility index (Phi) is 10.1. The summed E-state index contributed by atoms with van der Waals surface area (Å²) in [6.45, 7) is 15.8. The second kappa shape index (κ2) is 13.3. The van der Waals surface area contributed by atoms with Crippen molar-refractivity contribution in [1.82, 2.24) is 29.0 Å². The first kappa shape index (κ1) is 33.3. The first-order chi connectivity index (χ1) is 20.9. The minimum Gasteiger partial charge on any atom is -0.343 e. The number of carbonyl (C=O) groups excluding carboxylic acids is 2. The molecule has 1 aromatic heterocycles. The number of hydrogen-bond donors (Lipinski definition) is 0. The Morgan fingerprint density at radius 3 is 2.05 bits per heavy atom. The predicted octanol–water partition coefficient (Wildman–Crippen LogP) is 4.02. The normalized spacial score (nSPS) is 25.3. The Bertz CT molecular complexity index is 1270. The van der Waals surface area contributed by atoms with Crippen LogP contribution in [-0.2, 0) is 14.8 Å². The molecule has 1 aromatic rings. The third-order valence-corrected chi connectivity index (χ3v) is 14.2. The van der Waals surface area contributed by atoms with E-state index in [1.807, 2.05) is 23.1 Å². The van der Waals surface area contributed by atoms with Crippen molar-refractivity contribution < 1.29 is 18.0 Å². The van der Waals surface area contributed by atoms with Crippen LogP contribution in [0, 0.1) is 25.2 Å². The van der Waals surface area contributed by atoms with Crippen molar-refractivity contribution in [1.29, 1.82) is 0 Å². The van der Waals surface area contributed by atoms with Crippen LogP contribution in [0.15, 0.2) is 6.33 Å². The molecule has 4 aliphatic rings. The quantitative estimate of drug-likeness (QED) is 0.448. The Morgan fingerprint density at radius 1 is 0.886 bits per heavy atom. The molecule has 0 aliphatic carbocycles. The topological polar surface area (TPSA) is 107 Å². The van der Waals surface area contributed by atoms with E-state index < -0.39 is 10.0 Å². The summed E-state index contributed by atoms with van der Waals surface area (Å²) in [7, 11) is -3.38. The van der Waals surface area contributed by atoms with Crippen molar-refractivity contribution >= 4 is 21.8 Å². The molecule has 246 valence electrons. The summed E-state index contributed by atoms with van der Waals surface area (Å²) in [6.07, 6.45) is 11.0. The molecule has 5 rings (SSSR count). The van der Waals surface area contributed by atoms with Crippen LogP contribution >= 0.6 is 0 Å². The highest BCUT2D eigenvalue weighted by Crippen LogP contribution is 2.49. The molecule has 0 bridgehead atoms. The zero-order valence-electron chi connectivity index (χ0n) is 27.7. The summed E-state index contributed by atoms with van der Waals surface area (Å²) in [5.74, 6) is 0.467. The summed E-state index contributed by atoms with van der Waals surface area (Å²) < 4.78 is 29.4. The lowest BCUT2D eigenvalue weighted by atomic mass is 9.63. The van der Waals surface area contributed by atoms with Crippen LogP contribution < -0.4 is 0 Å². The molecule has 4 saturated heterocycles. The van der Waals surface area contributed by atoms with E-state index in [4.69, 9.17) is 0 Å². The standard InChI is InChI=1S/C33H54N6O4S/c1-6-7-8-28-23-39(44(42,43)29-9-16-36(17-10-29)27(4)40)22-15-33(28)13-20-38(21-14-33)32(5)11-18-37(19-12-32)31(41)30-25(2)34-24-35-26(30)3/h24,28-29H,6-23H2,1-5H3. The van der Waals surface area contributed by atoms with Gasteiger partial charge < -0.3 is 9.80 Å². The summed E-state index contributed by atoms with van der Waals surface area (Å²) in [6, 6.07) is 0. The fourth-order valence-corrected chi connectivity index (χ4v) is 10.5. The lowest BCUT2D eigenvalue weighted by Crippen LogP contribution is -2.60. The summed E-state index contributed by atoms with van der Waals surface area (Å²) in [4.78, 5) is 40.1. The first-order valence-corrected chi connectivity index (χ1v) is 18.5. The van der Waals surface area contributed by atoms with Gasteiger partial charge in [-0.1, -0.05) is 19.8 Å². The minimum atomic E-state index is -3.38.